The molecule has 1 aliphatic carbocycles. The Morgan fingerprint density at radius 1 is 1.40 bits per heavy atom. The van der Waals surface area contributed by atoms with Crippen molar-refractivity contribution in [2.45, 2.75) is 57.5 Å². The first kappa shape index (κ1) is 10.9. The molecule has 86 valence electrons. The second kappa shape index (κ2) is 3.78. The Morgan fingerprint density at radius 3 is 2.47 bits per heavy atom. The Kier molecular flexibility index (Phi) is 2.75. The van der Waals surface area contributed by atoms with Gasteiger partial charge >= 0.3 is 0 Å². The van der Waals surface area contributed by atoms with Crippen LogP contribution in [0.3, 0.4) is 0 Å². The van der Waals surface area contributed by atoms with E-state index in [4.69, 9.17) is 5.73 Å². The van der Waals surface area contributed by atoms with E-state index in [1.165, 1.54) is 19.3 Å². The standard InChI is InChI=1S/C12H22N2O/c1-12(2)10(13)6-7-14(12)11(15)8-9-4-3-5-9/h9-10H,3-8,13H2,1-2H3. The summed E-state index contributed by atoms with van der Waals surface area (Å²) in [5.41, 5.74) is 5.89. The van der Waals surface area contributed by atoms with Crippen LogP contribution in [0.25, 0.3) is 0 Å². The number of hydrogen-bond acceptors (Lipinski definition) is 2. The van der Waals surface area contributed by atoms with Gasteiger partial charge in [0.2, 0.25) is 5.91 Å². The van der Waals surface area contributed by atoms with E-state index in [9.17, 15) is 4.79 Å². The summed E-state index contributed by atoms with van der Waals surface area (Å²) in [6.07, 6.45) is 5.48. The number of nitrogens with zero attached hydrogens (tertiary/aromatic N) is 1. The topological polar surface area (TPSA) is 46.3 Å². The molecule has 0 bridgehead atoms. The number of hydrogen-bond donors (Lipinski definition) is 1. The highest BCUT2D eigenvalue weighted by Gasteiger charge is 2.42. The van der Waals surface area contributed by atoms with Crippen molar-refractivity contribution < 1.29 is 4.79 Å². The van der Waals surface area contributed by atoms with Crippen molar-refractivity contribution >= 4 is 5.91 Å². The maximum absolute atomic E-state index is 12.1. The molecule has 1 heterocycles. The quantitative estimate of drug-likeness (QED) is 0.751. The molecule has 15 heavy (non-hydrogen) atoms. The first-order valence-corrected chi connectivity index (χ1v) is 6.08. The summed E-state index contributed by atoms with van der Waals surface area (Å²) >= 11 is 0. The summed E-state index contributed by atoms with van der Waals surface area (Å²) in [6, 6.07) is 0.142. The zero-order chi connectivity index (χ0) is 11.1. The Morgan fingerprint density at radius 2 is 2.07 bits per heavy atom. The largest absolute Gasteiger partial charge is 0.336 e. The van der Waals surface area contributed by atoms with Gasteiger partial charge in [-0.1, -0.05) is 6.42 Å². The summed E-state index contributed by atoms with van der Waals surface area (Å²) in [7, 11) is 0. The van der Waals surface area contributed by atoms with Crippen molar-refractivity contribution in [1.82, 2.24) is 4.90 Å². The number of carbonyl (C=O) groups excluding carboxylic acids is 1. The number of nitrogens with two attached hydrogens (primary N) is 1. The second-order valence-electron chi connectivity index (χ2n) is 5.60. The summed E-state index contributed by atoms with van der Waals surface area (Å²) in [5.74, 6) is 0.975. The molecule has 3 nitrogen and oxygen atoms in total. The van der Waals surface area contributed by atoms with Crippen LogP contribution in [0.15, 0.2) is 0 Å². The molecule has 1 saturated heterocycles. The van der Waals surface area contributed by atoms with E-state index in [1.54, 1.807) is 0 Å². The predicted octanol–water partition coefficient (Wildman–Crippen LogP) is 1.51. The van der Waals surface area contributed by atoms with E-state index in [0.717, 1.165) is 19.4 Å². The molecule has 2 aliphatic rings. The van der Waals surface area contributed by atoms with Gasteiger partial charge in [-0.05, 0) is 39.0 Å². The maximum atomic E-state index is 12.1. The summed E-state index contributed by atoms with van der Waals surface area (Å²) < 4.78 is 0. The van der Waals surface area contributed by atoms with Gasteiger partial charge in [-0.25, -0.2) is 0 Å². The third-order valence-corrected chi connectivity index (χ3v) is 4.26. The fraction of sp³-hybridized carbons (Fsp3) is 0.917. The van der Waals surface area contributed by atoms with E-state index in [-0.39, 0.29) is 11.6 Å². The minimum absolute atomic E-state index is 0.138. The fourth-order valence-electron chi connectivity index (χ4n) is 2.61. The molecule has 0 aromatic rings. The van der Waals surface area contributed by atoms with Crippen LogP contribution in [0.5, 0.6) is 0 Å². The molecule has 0 aromatic heterocycles. The van der Waals surface area contributed by atoms with E-state index < -0.39 is 0 Å². The monoisotopic (exact) mass is 210 g/mol. The van der Waals surface area contributed by atoms with Crippen molar-refractivity contribution in [2.24, 2.45) is 11.7 Å². The molecule has 3 heteroatoms. The first-order chi connectivity index (χ1) is 7.01. The SMILES string of the molecule is CC1(C)C(N)CCN1C(=O)CC1CCC1. The molecule has 1 aliphatic heterocycles. The van der Waals surface area contributed by atoms with E-state index in [1.807, 2.05) is 4.90 Å². The summed E-state index contributed by atoms with van der Waals surface area (Å²) in [6.45, 7) is 5.02. The van der Waals surface area contributed by atoms with Gasteiger partial charge in [-0.3, -0.25) is 4.79 Å². The van der Waals surface area contributed by atoms with Gasteiger partial charge in [-0.15, -0.1) is 0 Å². The lowest BCUT2D eigenvalue weighted by Gasteiger charge is -2.36. The van der Waals surface area contributed by atoms with E-state index >= 15 is 0 Å². The van der Waals surface area contributed by atoms with Gasteiger partial charge < -0.3 is 10.6 Å². The van der Waals surface area contributed by atoms with Crippen LogP contribution in [-0.4, -0.2) is 28.9 Å². The predicted molar refractivity (Wildman–Crippen MR) is 60.3 cm³/mol. The maximum Gasteiger partial charge on any atom is 0.223 e. The van der Waals surface area contributed by atoms with E-state index in [2.05, 4.69) is 13.8 Å². The number of rotatable bonds is 2. The zero-order valence-corrected chi connectivity index (χ0v) is 9.83. The lowest BCUT2D eigenvalue weighted by molar-refractivity contribution is -0.136. The second-order valence-corrected chi connectivity index (χ2v) is 5.60. The van der Waals surface area contributed by atoms with Crippen molar-refractivity contribution in [3.8, 4) is 0 Å². The van der Waals surface area contributed by atoms with Gasteiger partial charge in [0.1, 0.15) is 0 Å². The highest BCUT2D eigenvalue weighted by Crippen LogP contribution is 2.33. The van der Waals surface area contributed by atoms with Crippen molar-refractivity contribution in [3.05, 3.63) is 0 Å². The normalized spacial score (nSPS) is 30.3. The van der Waals surface area contributed by atoms with Crippen LogP contribution >= 0.6 is 0 Å². The number of carbonyl (C=O) groups is 1. The molecule has 1 amide bonds. The number of amides is 1. The highest BCUT2D eigenvalue weighted by molar-refractivity contribution is 5.77. The van der Waals surface area contributed by atoms with Crippen LogP contribution < -0.4 is 5.73 Å². The Balaban J connectivity index is 1.94. The molecule has 0 radical (unpaired) electrons. The minimum Gasteiger partial charge on any atom is -0.336 e. The highest BCUT2D eigenvalue weighted by atomic mass is 16.2. The lowest BCUT2D eigenvalue weighted by atomic mass is 9.82. The summed E-state index contributed by atoms with van der Waals surface area (Å²) in [5, 5.41) is 0. The molecular weight excluding hydrogens is 188 g/mol. The van der Waals surface area contributed by atoms with Crippen LogP contribution in [0, 0.1) is 5.92 Å². The summed E-state index contributed by atoms with van der Waals surface area (Å²) in [4.78, 5) is 14.1. The van der Waals surface area contributed by atoms with Gasteiger partial charge in [0.15, 0.2) is 0 Å². The van der Waals surface area contributed by atoms with Crippen molar-refractivity contribution in [1.29, 1.82) is 0 Å². The molecule has 1 unspecified atom stereocenters. The third-order valence-electron chi connectivity index (χ3n) is 4.26. The molecule has 2 rings (SSSR count). The van der Waals surface area contributed by atoms with Crippen LogP contribution in [-0.2, 0) is 4.79 Å². The van der Waals surface area contributed by atoms with Gasteiger partial charge in [0, 0.05) is 19.0 Å². The average molecular weight is 210 g/mol. The van der Waals surface area contributed by atoms with Crippen LogP contribution in [0.4, 0.5) is 0 Å². The average Bonchev–Trinajstić information content (AvgIpc) is 2.35. The van der Waals surface area contributed by atoms with Crippen LogP contribution in [0.2, 0.25) is 0 Å². The zero-order valence-electron chi connectivity index (χ0n) is 9.83. The minimum atomic E-state index is -0.138. The van der Waals surface area contributed by atoms with Crippen molar-refractivity contribution in [2.75, 3.05) is 6.54 Å². The molecule has 0 aromatic carbocycles. The molecule has 1 saturated carbocycles. The first-order valence-electron chi connectivity index (χ1n) is 6.08. The molecule has 2 fully saturated rings. The Hall–Kier alpha value is -0.570. The Labute approximate surface area is 92.0 Å². The molecule has 0 spiro atoms. The van der Waals surface area contributed by atoms with Crippen molar-refractivity contribution in [3.63, 3.8) is 0 Å². The lowest BCUT2D eigenvalue weighted by Crippen LogP contribution is -2.51. The van der Waals surface area contributed by atoms with Gasteiger partial charge in [-0.2, -0.15) is 0 Å². The van der Waals surface area contributed by atoms with Crippen LogP contribution in [0.1, 0.15) is 46.0 Å². The van der Waals surface area contributed by atoms with E-state index in [0.29, 0.717) is 11.8 Å². The Bertz CT molecular complexity index is 258. The van der Waals surface area contributed by atoms with Gasteiger partial charge in [0.05, 0.1) is 5.54 Å². The smallest absolute Gasteiger partial charge is 0.223 e. The molecular formula is C12H22N2O. The fourth-order valence-corrected chi connectivity index (χ4v) is 2.61. The molecule has 2 N–H and O–H groups in total. The molecule has 1 atom stereocenters. The van der Waals surface area contributed by atoms with Gasteiger partial charge in [0.25, 0.3) is 0 Å². The third kappa shape index (κ3) is 1.89. The number of likely N-dealkylation sites (tertiary alicyclic amines) is 1.